The van der Waals surface area contributed by atoms with Gasteiger partial charge in [0.25, 0.3) is 0 Å². The van der Waals surface area contributed by atoms with E-state index in [1.54, 1.807) is 19.2 Å². The summed E-state index contributed by atoms with van der Waals surface area (Å²) in [5, 5.41) is 5.81. The number of benzene rings is 1. The molecule has 7 heteroatoms. The van der Waals surface area contributed by atoms with Gasteiger partial charge in [-0.2, -0.15) is 0 Å². The fourth-order valence-electron chi connectivity index (χ4n) is 1.91. The summed E-state index contributed by atoms with van der Waals surface area (Å²) in [6, 6.07) is 6.95. The smallest absolute Gasteiger partial charge is 0.239 e. The lowest BCUT2D eigenvalue weighted by atomic mass is 10.0. The molecule has 2 amide bonds. The molecule has 0 aromatic heterocycles. The summed E-state index contributed by atoms with van der Waals surface area (Å²) < 4.78 is 5.42. The van der Waals surface area contributed by atoms with Crippen molar-refractivity contribution < 1.29 is 14.3 Å². The Balaban J connectivity index is 2.58. The Kier molecular flexibility index (Phi) is 7.14. The Hall–Kier alpha value is -1.63. The number of hydrogen-bond acceptors (Lipinski definition) is 4. The van der Waals surface area contributed by atoms with Gasteiger partial charge in [0.15, 0.2) is 0 Å². The van der Waals surface area contributed by atoms with E-state index < -0.39 is 0 Å². The number of halogens is 1. The van der Waals surface area contributed by atoms with Crippen LogP contribution in [0.25, 0.3) is 0 Å². The number of carbonyl (C=O) groups is 2. The zero-order chi connectivity index (χ0) is 15.8. The van der Waals surface area contributed by atoms with E-state index in [1.165, 1.54) is 0 Å². The van der Waals surface area contributed by atoms with Crippen LogP contribution in [0.1, 0.15) is 18.6 Å². The Morgan fingerprint density at radius 1 is 1.29 bits per heavy atom. The molecule has 6 nitrogen and oxygen atoms in total. The highest BCUT2D eigenvalue weighted by molar-refractivity contribution is 6.30. The molecule has 0 bridgehead atoms. The molecule has 0 radical (unpaired) electrons. The van der Waals surface area contributed by atoms with E-state index in [0.717, 1.165) is 5.56 Å². The van der Waals surface area contributed by atoms with Crippen molar-refractivity contribution in [2.75, 3.05) is 20.2 Å². The first-order valence-corrected chi connectivity index (χ1v) is 6.90. The van der Waals surface area contributed by atoms with E-state index in [2.05, 4.69) is 10.6 Å². The van der Waals surface area contributed by atoms with Gasteiger partial charge >= 0.3 is 0 Å². The van der Waals surface area contributed by atoms with Gasteiger partial charge in [-0.3, -0.25) is 9.59 Å². The molecule has 0 heterocycles. The zero-order valence-corrected chi connectivity index (χ0v) is 12.8. The van der Waals surface area contributed by atoms with Crippen molar-refractivity contribution in [2.45, 2.75) is 19.1 Å². The third-order valence-corrected chi connectivity index (χ3v) is 3.18. The van der Waals surface area contributed by atoms with E-state index in [4.69, 9.17) is 22.1 Å². The molecule has 0 aliphatic carbocycles. The highest BCUT2D eigenvalue weighted by Gasteiger charge is 2.20. The van der Waals surface area contributed by atoms with Crippen molar-refractivity contribution in [2.24, 2.45) is 5.73 Å². The van der Waals surface area contributed by atoms with Gasteiger partial charge in [0.05, 0.1) is 19.1 Å². The second kappa shape index (κ2) is 8.61. The second-order valence-electron chi connectivity index (χ2n) is 4.54. The molecule has 2 unspecified atom stereocenters. The van der Waals surface area contributed by atoms with Crippen LogP contribution in [-0.4, -0.2) is 38.1 Å². The van der Waals surface area contributed by atoms with Crippen LogP contribution in [0, 0.1) is 0 Å². The minimum absolute atomic E-state index is 0.114. The lowest BCUT2D eigenvalue weighted by Gasteiger charge is -2.24. The van der Waals surface area contributed by atoms with Gasteiger partial charge in [0, 0.05) is 12.1 Å². The van der Waals surface area contributed by atoms with Crippen LogP contribution < -0.4 is 16.4 Å². The number of rotatable bonds is 7. The molecular weight excluding hydrogens is 294 g/mol. The molecule has 1 aromatic carbocycles. The van der Waals surface area contributed by atoms with Crippen molar-refractivity contribution in [3.05, 3.63) is 34.9 Å². The summed E-state index contributed by atoms with van der Waals surface area (Å²) in [5.74, 6) is -0.681. The molecule has 0 saturated carbocycles. The monoisotopic (exact) mass is 313 g/mol. The van der Waals surface area contributed by atoms with Crippen LogP contribution in [0.3, 0.4) is 0 Å². The predicted octanol–water partition coefficient (Wildman–Crippen LogP) is 0.607. The standard InChI is InChI=1S/C14H20ClN3O3/c1-9(18-13(20)8-17-12(19)7-16)14(21-2)10-3-5-11(15)6-4-10/h3-6,9,14H,7-8,16H2,1-2H3,(H,17,19)(H,18,20). The van der Waals surface area contributed by atoms with Crippen LogP contribution in [0.2, 0.25) is 5.02 Å². The Labute approximate surface area is 129 Å². The molecule has 2 atom stereocenters. The highest BCUT2D eigenvalue weighted by Crippen LogP contribution is 2.22. The topological polar surface area (TPSA) is 93.5 Å². The first-order valence-electron chi connectivity index (χ1n) is 6.52. The number of ether oxygens (including phenoxy) is 1. The first-order chi connectivity index (χ1) is 9.97. The minimum atomic E-state index is -0.376. The summed E-state index contributed by atoms with van der Waals surface area (Å²) >= 11 is 5.85. The molecule has 0 fully saturated rings. The first kappa shape index (κ1) is 17.4. The molecule has 116 valence electrons. The van der Waals surface area contributed by atoms with Crippen molar-refractivity contribution >= 4 is 23.4 Å². The molecule has 1 aromatic rings. The SMILES string of the molecule is COC(c1ccc(Cl)cc1)C(C)NC(=O)CNC(=O)CN. The maximum atomic E-state index is 11.7. The van der Waals surface area contributed by atoms with Crippen molar-refractivity contribution in [1.82, 2.24) is 10.6 Å². The van der Waals surface area contributed by atoms with E-state index in [9.17, 15) is 9.59 Å². The average molecular weight is 314 g/mol. The molecule has 4 N–H and O–H groups in total. The number of carbonyl (C=O) groups excluding carboxylic acids is 2. The molecule has 1 rings (SSSR count). The predicted molar refractivity (Wildman–Crippen MR) is 80.9 cm³/mol. The molecule has 0 spiro atoms. The number of nitrogens with two attached hydrogens (primary N) is 1. The van der Waals surface area contributed by atoms with Gasteiger partial charge in [-0.15, -0.1) is 0 Å². The van der Waals surface area contributed by atoms with Gasteiger partial charge in [0.1, 0.15) is 6.10 Å². The largest absolute Gasteiger partial charge is 0.375 e. The van der Waals surface area contributed by atoms with Gasteiger partial charge < -0.3 is 21.1 Å². The second-order valence-corrected chi connectivity index (χ2v) is 4.98. The third-order valence-electron chi connectivity index (χ3n) is 2.93. The molecule has 0 aliphatic heterocycles. The molecular formula is C14H20ClN3O3. The van der Waals surface area contributed by atoms with Crippen LogP contribution in [-0.2, 0) is 14.3 Å². The highest BCUT2D eigenvalue weighted by atomic mass is 35.5. The van der Waals surface area contributed by atoms with Crippen LogP contribution >= 0.6 is 11.6 Å². The number of methoxy groups -OCH3 is 1. The Bertz CT molecular complexity index is 479. The Morgan fingerprint density at radius 3 is 2.43 bits per heavy atom. The van der Waals surface area contributed by atoms with E-state index in [1.807, 2.05) is 19.1 Å². The molecule has 0 aliphatic rings. The summed E-state index contributed by atoms with van der Waals surface area (Å²) in [6.07, 6.45) is -0.309. The van der Waals surface area contributed by atoms with Crippen LogP contribution in [0.5, 0.6) is 0 Å². The normalized spacial score (nSPS) is 13.3. The minimum Gasteiger partial charge on any atom is -0.375 e. The quantitative estimate of drug-likeness (QED) is 0.687. The maximum absolute atomic E-state index is 11.7. The summed E-state index contributed by atoms with van der Waals surface area (Å²) in [6.45, 7) is 1.57. The zero-order valence-electron chi connectivity index (χ0n) is 12.1. The van der Waals surface area contributed by atoms with Gasteiger partial charge in [-0.25, -0.2) is 0 Å². The van der Waals surface area contributed by atoms with Crippen molar-refractivity contribution in [3.63, 3.8) is 0 Å². The van der Waals surface area contributed by atoms with Gasteiger partial charge in [0.2, 0.25) is 11.8 Å². The van der Waals surface area contributed by atoms with Crippen LogP contribution in [0.4, 0.5) is 0 Å². The van der Waals surface area contributed by atoms with Gasteiger partial charge in [-0.05, 0) is 24.6 Å². The van der Waals surface area contributed by atoms with Gasteiger partial charge in [-0.1, -0.05) is 23.7 Å². The average Bonchev–Trinajstić information content (AvgIpc) is 2.47. The van der Waals surface area contributed by atoms with Crippen molar-refractivity contribution in [1.29, 1.82) is 0 Å². The lowest BCUT2D eigenvalue weighted by molar-refractivity contribution is -0.126. The number of hydrogen-bond donors (Lipinski definition) is 3. The van der Waals surface area contributed by atoms with Crippen molar-refractivity contribution in [3.8, 4) is 0 Å². The third kappa shape index (κ3) is 5.71. The fourth-order valence-corrected chi connectivity index (χ4v) is 2.04. The summed E-state index contributed by atoms with van der Waals surface area (Å²) in [7, 11) is 1.57. The maximum Gasteiger partial charge on any atom is 0.239 e. The van der Waals surface area contributed by atoms with Crippen LogP contribution in [0.15, 0.2) is 24.3 Å². The Morgan fingerprint density at radius 2 is 1.90 bits per heavy atom. The van der Waals surface area contributed by atoms with E-state index in [-0.39, 0.29) is 37.0 Å². The summed E-state index contributed by atoms with van der Waals surface area (Å²) in [4.78, 5) is 22.7. The number of nitrogens with one attached hydrogen (secondary N) is 2. The summed E-state index contributed by atoms with van der Waals surface area (Å²) in [5.41, 5.74) is 6.05. The molecule has 0 saturated heterocycles. The lowest BCUT2D eigenvalue weighted by Crippen LogP contribution is -2.44. The van der Waals surface area contributed by atoms with E-state index >= 15 is 0 Å². The fraction of sp³-hybridized carbons (Fsp3) is 0.429. The molecule has 21 heavy (non-hydrogen) atoms. The van der Waals surface area contributed by atoms with E-state index in [0.29, 0.717) is 5.02 Å². The number of amides is 2.